The maximum absolute atomic E-state index is 5.59. The molecule has 0 aliphatic heterocycles. The molecule has 1 aliphatic carbocycles. The summed E-state index contributed by atoms with van der Waals surface area (Å²) in [6.07, 6.45) is 7.17. The molecule has 0 radical (unpaired) electrons. The molecule has 1 aromatic rings. The number of aliphatic imine (C=N–C) groups is 1. The Balaban J connectivity index is 1.99. The van der Waals surface area contributed by atoms with Gasteiger partial charge in [0, 0.05) is 6.42 Å². The number of nitrogens with zero attached hydrogens (tertiary/aromatic N) is 1. The lowest BCUT2D eigenvalue weighted by Gasteiger charge is -2.19. The van der Waals surface area contributed by atoms with Crippen molar-refractivity contribution in [3.05, 3.63) is 35.4 Å². The number of benzene rings is 1. The quantitative estimate of drug-likeness (QED) is 0.372. The van der Waals surface area contributed by atoms with Gasteiger partial charge in [0.1, 0.15) is 5.84 Å². The van der Waals surface area contributed by atoms with Gasteiger partial charge in [-0.15, -0.1) is 0 Å². The van der Waals surface area contributed by atoms with Crippen LogP contribution in [0.2, 0.25) is 0 Å². The van der Waals surface area contributed by atoms with E-state index in [0.29, 0.717) is 6.04 Å². The van der Waals surface area contributed by atoms with E-state index in [1.807, 2.05) is 0 Å². The predicted octanol–water partition coefficient (Wildman–Crippen LogP) is 2.73. The molecule has 0 aromatic heterocycles. The van der Waals surface area contributed by atoms with Gasteiger partial charge in [-0.1, -0.05) is 49.1 Å². The first-order valence-corrected chi connectivity index (χ1v) is 6.87. The second kappa shape index (κ2) is 6.55. The highest BCUT2D eigenvalue weighted by molar-refractivity contribution is 5.84. The molecule has 2 rings (SSSR count). The molecule has 0 atom stereocenters. The van der Waals surface area contributed by atoms with Gasteiger partial charge in [-0.2, -0.15) is 0 Å². The third kappa shape index (κ3) is 3.84. The van der Waals surface area contributed by atoms with Crippen molar-refractivity contribution in [1.82, 2.24) is 5.43 Å². The third-order valence-electron chi connectivity index (χ3n) is 3.57. The second-order valence-electron chi connectivity index (χ2n) is 5.17. The Morgan fingerprint density at radius 1 is 1.22 bits per heavy atom. The number of aryl methyl sites for hydroxylation is 1. The highest BCUT2D eigenvalue weighted by Crippen LogP contribution is 2.20. The lowest BCUT2D eigenvalue weighted by Crippen LogP contribution is -2.33. The van der Waals surface area contributed by atoms with E-state index in [-0.39, 0.29) is 0 Å². The van der Waals surface area contributed by atoms with Crippen LogP contribution in [0, 0.1) is 6.92 Å². The maximum atomic E-state index is 5.59. The Morgan fingerprint density at radius 2 is 1.89 bits per heavy atom. The predicted molar refractivity (Wildman–Crippen MR) is 76.5 cm³/mol. The smallest absolute Gasteiger partial charge is 0.115 e. The van der Waals surface area contributed by atoms with E-state index >= 15 is 0 Å². The summed E-state index contributed by atoms with van der Waals surface area (Å²) in [5, 5.41) is 0. The fraction of sp³-hybridized carbons (Fsp3) is 0.533. The first-order chi connectivity index (χ1) is 8.78. The largest absolute Gasteiger partial charge is 0.312 e. The zero-order valence-electron chi connectivity index (χ0n) is 11.2. The van der Waals surface area contributed by atoms with Gasteiger partial charge in [-0.3, -0.25) is 4.99 Å². The number of rotatable bonds is 3. The van der Waals surface area contributed by atoms with Gasteiger partial charge in [0.25, 0.3) is 0 Å². The molecule has 0 heterocycles. The molecule has 0 amide bonds. The minimum Gasteiger partial charge on any atom is -0.312 e. The van der Waals surface area contributed by atoms with E-state index in [2.05, 4.69) is 36.6 Å². The summed E-state index contributed by atoms with van der Waals surface area (Å²) < 4.78 is 0. The van der Waals surface area contributed by atoms with Gasteiger partial charge in [-0.25, -0.2) is 5.84 Å². The van der Waals surface area contributed by atoms with Crippen molar-refractivity contribution in [2.45, 2.75) is 51.5 Å². The summed E-state index contributed by atoms with van der Waals surface area (Å²) in [6.45, 7) is 2.10. The van der Waals surface area contributed by atoms with E-state index in [9.17, 15) is 0 Å². The van der Waals surface area contributed by atoms with Crippen LogP contribution in [0.15, 0.2) is 29.3 Å². The molecule has 18 heavy (non-hydrogen) atoms. The summed E-state index contributed by atoms with van der Waals surface area (Å²) in [7, 11) is 0. The molecule has 98 valence electrons. The molecular formula is C15H23N3. The van der Waals surface area contributed by atoms with Crippen molar-refractivity contribution in [3.8, 4) is 0 Å². The highest BCUT2D eigenvalue weighted by atomic mass is 15.3. The zero-order chi connectivity index (χ0) is 12.8. The molecule has 1 aromatic carbocycles. The van der Waals surface area contributed by atoms with E-state index in [1.165, 1.54) is 43.2 Å². The summed E-state index contributed by atoms with van der Waals surface area (Å²) in [5.41, 5.74) is 5.30. The van der Waals surface area contributed by atoms with Crippen molar-refractivity contribution < 1.29 is 0 Å². The van der Waals surface area contributed by atoms with Crippen LogP contribution in [0.25, 0.3) is 0 Å². The Kier molecular flexibility index (Phi) is 4.76. The lowest BCUT2D eigenvalue weighted by atomic mass is 9.96. The SMILES string of the molecule is Cc1ccc(CC(=NC2CCCCC2)NN)cc1. The minimum atomic E-state index is 0.468. The van der Waals surface area contributed by atoms with Gasteiger partial charge in [0.05, 0.1) is 6.04 Å². The molecule has 3 N–H and O–H groups in total. The molecule has 1 fully saturated rings. The maximum Gasteiger partial charge on any atom is 0.115 e. The van der Waals surface area contributed by atoms with Crippen LogP contribution in [0.5, 0.6) is 0 Å². The summed E-state index contributed by atoms with van der Waals surface area (Å²) >= 11 is 0. The van der Waals surface area contributed by atoms with Crippen molar-refractivity contribution in [3.63, 3.8) is 0 Å². The fourth-order valence-corrected chi connectivity index (χ4v) is 2.46. The molecule has 0 saturated heterocycles. The van der Waals surface area contributed by atoms with Crippen LogP contribution in [-0.4, -0.2) is 11.9 Å². The molecular weight excluding hydrogens is 222 g/mol. The van der Waals surface area contributed by atoms with Crippen LogP contribution in [-0.2, 0) is 6.42 Å². The average molecular weight is 245 g/mol. The Bertz CT molecular complexity index is 389. The minimum absolute atomic E-state index is 0.468. The van der Waals surface area contributed by atoms with Crippen molar-refractivity contribution in [2.75, 3.05) is 0 Å². The van der Waals surface area contributed by atoms with Crippen molar-refractivity contribution >= 4 is 5.84 Å². The number of amidine groups is 1. The normalized spacial score (nSPS) is 17.8. The second-order valence-corrected chi connectivity index (χ2v) is 5.17. The number of nitrogens with two attached hydrogens (primary N) is 1. The van der Waals surface area contributed by atoms with E-state index in [1.54, 1.807) is 0 Å². The first-order valence-electron chi connectivity index (χ1n) is 6.87. The first kappa shape index (κ1) is 13.1. The standard InChI is InChI=1S/C15H23N3/c1-12-7-9-13(10-8-12)11-15(18-16)17-14-5-3-2-4-6-14/h7-10,14H,2-6,11,16H2,1H3,(H,17,18). The van der Waals surface area contributed by atoms with Gasteiger partial charge in [-0.05, 0) is 25.3 Å². The van der Waals surface area contributed by atoms with E-state index < -0.39 is 0 Å². The van der Waals surface area contributed by atoms with Gasteiger partial charge in [0.2, 0.25) is 0 Å². The molecule has 0 spiro atoms. The van der Waals surface area contributed by atoms with Gasteiger partial charge in [0.15, 0.2) is 0 Å². The topological polar surface area (TPSA) is 50.4 Å². The Labute approximate surface area is 109 Å². The summed E-state index contributed by atoms with van der Waals surface area (Å²) in [5.74, 6) is 6.49. The zero-order valence-corrected chi connectivity index (χ0v) is 11.2. The van der Waals surface area contributed by atoms with E-state index in [0.717, 1.165) is 12.3 Å². The van der Waals surface area contributed by atoms with Crippen molar-refractivity contribution in [1.29, 1.82) is 0 Å². The van der Waals surface area contributed by atoms with Crippen LogP contribution in [0.4, 0.5) is 0 Å². The summed E-state index contributed by atoms with van der Waals surface area (Å²) in [4.78, 5) is 4.75. The average Bonchev–Trinajstić information content (AvgIpc) is 2.41. The van der Waals surface area contributed by atoms with Crippen LogP contribution in [0.1, 0.15) is 43.2 Å². The molecule has 0 unspecified atom stereocenters. The Hall–Kier alpha value is -1.35. The molecule has 3 heteroatoms. The fourth-order valence-electron chi connectivity index (χ4n) is 2.46. The van der Waals surface area contributed by atoms with Crippen LogP contribution < -0.4 is 11.3 Å². The number of nitrogens with one attached hydrogen (secondary N) is 1. The van der Waals surface area contributed by atoms with Crippen LogP contribution >= 0.6 is 0 Å². The van der Waals surface area contributed by atoms with Crippen LogP contribution in [0.3, 0.4) is 0 Å². The number of hydrazine groups is 1. The Morgan fingerprint density at radius 3 is 2.50 bits per heavy atom. The lowest BCUT2D eigenvalue weighted by molar-refractivity contribution is 0.442. The number of hydrogen-bond acceptors (Lipinski definition) is 2. The highest BCUT2D eigenvalue weighted by Gasteiger charge is 2.13. The van der Waals surface area contributed by atoms with E-state index in [4.69, 9.17) is 10.8 Å². The monoisotopic (exact) mass is 245 g/mol. The number of hydrogen-bond donors (Lipinski definition) is 2. The molecule has 3 nitrogen and oxygen atoms in total. The molecule has 1 saturated carbocycles. The van der Waals surface area contributed by atoms with Crippen molar-refractivity contribution in [2.24, 2.45) is 10.8 Å². The third-order valence-corrected chi connectivity index (χ3v) is 3.57. The summed E-state index contributed by atoms with van der Waals surface area (Å²) in [6, 6.07) is 9.01. The van der Waals surface area contributed by atoms with Gasteiger partial charge < -0.3 is 5.43 Å². The van der Waals surface area contributed by atoms with Gasteiger partial charge >= 0.3 is 0 Å². The molecule has 0 bridgehead atoms. The molecule has 1 aliphatic rings.